The number of hydrogen-bond donors (Lipinski definition) is 0. The van der Waals surface area contributed by atoms with E-state index in [1.54, 1.807) is 11.3 Å². The van der Waals surface area contributed by atoms with Gasteiger partial charge in [0.25, 0.3) is 0 Å². The van der Waals surface area contributed by atoms with Gasteiger partial charge in [-0.15, -0.1) is 11.3 Å². The zero-order valence-electron chi connectivity index (χ0n) is 13.3. The first-order valence-electron chi connectivity index (χ1n) is 7.49. The highest BCUT2D eigenvalue weighted by Crippen LogP contribution is 2.37. The van der Waals surface area contributed by atoms with Gasteiger partial charge < -0.3 is 0 Å². The molecule has 1 heterocycles. The predicted molar refractivity (Wildman–Crippen MR) is 84.3 cm³/mol. The number of ketones is 1. The molecule has 4 heteroatoms. The van der Waals surface area contributed by atoms with E-state index in [0.29, 0.717) is 18.1 Å². The summed E-state index contributed by atoms with van der Waals surface area (Å²) in [5.74, 6) is 0.984. The molecule has 1 fully saturated rings. The number of carbonyl (C=O) groups excluding carboxylic acids is 1. The molecule has 0 amide bonds. The largest absolute Gasteiger partial charge is 0.297 e. The number of aromatic nitrogens is 1. The van der Waals surface area contributed by atoms with Crippen LogP contribution in [0, 0.1) is 19.8 Å². The quantitative estimate of drug-likeness (QED) is 0.853. The van der Waals surface area contributed by atoms with Crippen molar-refractivity contribution < 1.29 is 4.79 Å². The maximum Gasteiger partial charge on any atom is 0.159 e. The summed E-state index contributed by atoms with van der Waals surface area (Å²) in [4.78, 5) is 20.8. The minimum Gasteiger partial charge on any atom is -0.297 e. The van der Waals surface area contributed by atoms with Gasteiger partial charge >= 0.3 is 0 Å². The second kappa shape index (κ2) is 5.94. The van der Waals surface area contributed by atoms with Gasteiger partial charge in [0, 0.05) is 4.88 Å². The summed E-state index contributed by atoms with van der Waals surface area (Å²) in [5, 5.41) is 0.976. The smallest absolute Gasteiger partial charge is 0.159 e. The Bertz CT molecular complexity index is 475. The molecule has 1 saturated carbocycles. The van der Waals surface area contributed by atoms with E-state index in [4.69, 9.17) is 0 Å². The topological polar surface area (TPSA) is 33.2 Å². The minimum atomic E-state index is -0.273. The third-order valence-corrected chi connectivity index (χ3v) is 5.81. The highest BCUT2D eigenvalue weighted by molar-refractivity contribution is 7.11. The van der Waals surface area contributed by atoms with E-state index < -0.39 is 0 Å². The molecule has 2 rings (SSSR count). The summed E-state index contributed by atoms with van der Waals surface area (Å²) in [6, 6.07) is 0. The summed E-state index contributed by atoms with van der Waals surface area (Å²) >= 11 is 1.67. The molecule has 0 bridgehead atoms. The van der Waals surface area contributed by atoms with Crippen molar-refractivity contribution in [3.8, 4) is 0 Å². The average molecular weight is 294 g/mol. The molecule has 0 N–H and O–H groups in total. The van der Waals surface area contributed by atoms with Gasteiger partial charge in [-0.2, -0.15) is 0 Å². The highest BCUT2D eigenvalue weighted by atomic mass is 32.1. The Balaban J connectivity index is 2.19. The van der Waals surface area contributed by atoms with Gasteiger partial charge in [0.1, 0.15) is 5.01 Å². The Morgan fingerprint density at radius 1 is 1.45 bits per heavy atom. The highest BCUT2D eigenvalue weighted by Gasteiger charge is 2.43. The third-order valence-electron chi connectivity index (χ3n) is 4.73. The fourth-order valence-corrected chi connectivity index (χ4v) is 4.28. The molecule has 3 nitrogen and oxygen atoms in total. The molecule has 0 radical (unpaired) electrons. The average Bonchev–Trinajstić information content (AvgIpc) is 2.67. The van der Waals surface area contributed by atoms with Crippen molar-refractivity contribution in [3.63, 3.8) is 0 Å². The normalized spacial score (nSPS) is 27.0. The summed E-state index contributed by atoms with van der Waals surface area (Å²) < 4.78 is 0. The first-order valence-corrected chi connectivity index (χ1v) is 8.30. The number of carbonyl (C=O) groups is 1. The number of nitrogens with zero attached hydrogens (tertiary/aromatic N) is 2. The molecule has 2 atom stereocenters. The Kier molecular flexibility index (Phi) is 4.65. The molecule has 20 heavy (non-hydrogen) atoms. The fourth-order valence-electron chi connectivity index (χ4n) is 3.35. The summed E-state index contributed by atoms with van der Waals surface area (Å²) in [7, 11) is 4.10. The lowest BCUT2D eigenvalue weighted by atomic mass is 9.72. The molecule has 1 aromatic rings. The summed E-state index contributed by atoms with van der Waals surface area (Å²) in [5.41, 5.74) is 0.791. The van der Waals surface area contributed by atoms with Crippen LogP contribution in [0.25, 0.3) is 0 Å². The van der Waals surface area contributed by atoms with Crippen LogP contribution in [-0.4, -0.2) is 35.3 Å². The summed E-state index contributed by atoms with van der Waals surface area (Å²) in [6.45, 7) is 6.36. The molecule has 1 aromatic heterocycles. The van der Waals surface area contributed by atoms with E-state index in [1.807, 2.05) is 21.0 Å². The van der Waals surface area contributed by atoms with Gasteiger partial charge in [-0.05, 0) is 46.7 Å². The molecule has 112 valence electrons. The fraction of sp³-hybridized carbons (Fsp3) is 0.750. The van der Waals surface area contributed by atoms with Gasteiger partial charge in [-0.25, -0.2) is 4.98 Å². The Morgan fingerprint density at radius 2 is 2.15 bits per heavy atom. The number of rotatable bonds is 4. The van der Waals surface area contributed by atoms with Crippen molar-refractivity contribution in [2.45, 2.75) is 58.4 Å². The van der Waals surface area contributed by atoms with Crippen molar-refractivity contribution in [3.05, 3.63) is 15.6 Å². The number of thiazole rings is 1. The van der Waals surface area contributed by atoms with Crippen LogP contribution in [-0.2, 0) is 11.2 Å². The van der Waals surface area contributed by atoms with Crippen LogP contribution < -0.4 is 0 Å². The molecular weight excluding hydrogens is 268 g/mol. The van der Waals surface area contributed by atoms with Crippen LogP contribution in [0.4, 0.5) is 0 Å². The minimum absolute atomic E-state index is 0.273. The third kappa shape index (κ3) is 2.96. The van der Waals surface area contributed by atoms with Crippen LogP contribution in [0.5, 0.6) is 0 Å². The van der Waals surface area contributed by atoms with Gasteiger partial charge in [-0.1, -0.05) is 19.8 Å². The van der Waals surface area contributed by atoms with Crippen LogP contribution in [0.1, 0.15) is 48.2 Å². The van der Waals surface area contributed by atoms with Crippen LogP contribution in [0.2, 0.25) is 0 Å². The maximum absolute atomic E-state index is 12.9. The monoisotopic (exact) mass is 294 g/mol. The van der Waals surface area contributed by atoms with Crippen LogP contribution in [0.3, 0.4) is 0 Å². The van der Waals surface area contributed by atoms with E-state index >= 15 is 0 Å². The standard InChI is InChI=1S/C16H26N2OS/c1-11-7-6-8-16(10-11,18(4)5)14(19)9-15-17-12(2)13(3)20-15/h11H,6-10H2,1-5H3. The van der Waals surface area contributed by atoms with Gasteiger partial charge in [-0.3, -0.25) is 9.69 Å². The number of hydrogen-bond acceptors (Lipinski definition) is 4. The molecule has 1 aliphatic carbocycles. The molecular formula is C16H26N2OS. The second-order valence-electron chi connectivity index (χ2n) is 6.48. The lowest BCUT2D eigenvalue weighted by molar-refractivity contribution is -0.132. The SMILES string of the molecule is Cc1nc(CC(=O)C2(N(C)C)CCCC(C)C2)sc1C. The maximum atomic E-state index is 12.9. The lowest BCUT2D eigenvalue weighted by Crippen LogP contribution is -2.54. The Hall–Kier alpha value is -0.740. The predicted octanol–water partition coefficient (Wildman–Crippen LogP) is 3.38. The first-order chi connectivity index (χ1) is 9.35. The summed E-state index contributed by atoms with van der Waals surface area (Å²) in [6.07, 6.45) is 4.87. The number of aryl methyl sites for hydroxylation is 2. The first kappa shape index (κ1) is 15.6. The lowest BCUT2D eigenvalue weighted by Gasteiger charge is -2.43. The molecule has 1 aliphatic rings. The Morgan fingerprint density at radius 3 is 2.65 bits per heavy atom. The van der Waals surface area contributed by atoms with Crippen LogP contribution in [0.15, 0.2) is 0 Å². The van der Waals surface area contributed by atoms with E-state index in [-0.39, 0.29) is 5.54 Å². The molecule has 0 saturated heterocycles. The number of Topliss-reactive ketones (excluding diaryl/α,β-unsaturated/α-hetero) is 1. The molecule has 0 spiro atoms. The van der Waals surface area contributed by atoms with Gasteiger partial charge in [0.05, 0.1) is 17.7 Å². The zero-order valence-corrected chi connectivity index (χ0v) is 14.1. The van der Waals surface area contributed by atoms with Gasteiger partial charge in [0.15, 0.2) is 5.78 Å². The van der Waals surface area contributed by atoms with Crippen LogP contribution >= 0.6 is 11.3 Å². The van der Waals surface area contributed by atoms with Crippen molar-refractivity contribution in [1.82, 2.24) is 9.88 Å². The van der Waals surface area contributed by atoms with Crippen molar-refractivity contribution in [2.24, 2.45) is 5.92 Å². The molecule has 2 unspecified atom stereocenters. The van der Waals surface area contributed by atoms with Crippen molar-refractivity contribution in [1.29, 1.82) is 0 Å². The van der Waals surface area contributed by atoms with Gasteiger partial charge in [0.2, 0.25) is 0 Å². The van der Waals surface area contributed by atoms with Crippen molar-refractivity contribution in [2.75, 3.05) is 14.1 Å². The second-order valence-corrected chi connectivity index (χ2v) is 7.76. The molecule has 0 aliphatic heterocycles. The van der Waals surface area contributed by atoms with E-state index in [1.165, 1.54) is 11.3 Å². The molecule has 0 aromatic carbocycles. The Labute approximate surface area is 126 Å². The van der Waals surface area contributed by atoms with E-state index in [0.717, 1.165) is 30.0 Å². The van der Waals surface area contributed by atoms with Crippen molar-refractivity contribution >= 4 is 17.1 Å². The zero-order chi connectivity index (χ0) is 14.9. The van der Waals surface area contributed by atoms with E-state index in [9.17, 15) is 4.79 Å². The number of likely N-dealkylation sites (N-methyl/N-ethyl adjacent to an activating group) is 1. The van der Waals surface area contributed by atoms with E-state index in [2.05, 4.69) is 23.7 Å².